The van der Waals surface area contributed by atoms with E-state index < -0.39 is 0 Å². The Labute approximate surface area is 85.7 Å². The SMILES string of the molecule is C=CCC(=O)C1CN(CCC)CCO1. The van der Waals surface area contributed by atoms with E-state index in [4.69, 9.17) is 4.74 Å². The molecule has 3 heteroatoms. The van der Waals surface area contributed by atoms with Gasteiger partial charge >= 0.3 is 0 Å². The molecule has 3 nitrogen and oxygen atoms in total. The van der Waals surface area contributed by atoms with Crippen LogP contribution >= 0.6 is 0 Å². The summed E-state index contributed by atoms with van der Waals surface area (Å²) >= 11 is 0. The number of rotatable bonds is 5. The van der Waals surface area contributed by atoms with Gasteiger partial charge in [-0.1, -0.05) is 13.0 Å². The van der Waals surface area contributed by atoms with E-state index in [1.807, 2.05) is 0 Å². The van der Waals surface area contributed by atoms with Crippen LogP contribution in [0.15, 0.2) is 12.7 Å². The summed E-state index contributed by atoms with van der Waals surface area (Å²) in [7, 11) is 0. The van der Waals surface area contributed by atoms with Crippen LogP contribution in [-0.4, -0.2) is 43.0 Å². The van der Waals surface area contributed by atoms with Gasteiger partial charge in [-0.25, -0.2) is 0 Å². The summed E-state index contributed by atoms with van der Waals surface area (Å²) in [6.45, 7) is 9.14. The third-order valence-corrected chi connectivity index (χ3v) is 2.40. The van der Waals surface area contributed by atoms with Crippen LogP contribution in [0.1, 0.15) is 19.8 Å². The minimum absolute atomic E-state index is 0.154. The number of hydrogen-bond donors (Lipinski definition) is 0. The highest BCUT2D eigenvalue weighted by atomic mass is 16.5. The number of allylic oxidation sites excluding steroid dienone is 1. The van der Waals surface area contributed by atoms with Gasteiger partial charge in [0, 0.05) is 19.5 Å². The van der Waals surface area contributed by atoms with Crippen LogP contribution < -0.4 is 0 Å². The fourth-order valence-electron chi connectivity index (χ4n) is 1.69. The molecular formula is C11H19NO2. The van der Waals surface area contributed by atoms with Crippen molar-refractivity contribution in [1.29, 1.82) is 0 Å². The lowest BCUT2D eigenvalue weighted by Crippen LogP contribution is -2.46. The van der Waals surface area contributed by atoms with E-state index in [1.54, 1.807) is 6.08 Å². The highest BCUT2D eigenvalue weighted by Crippen LogP contribution is 2.08. The Morgan fingerprint density at radius 3 is 3.14 bits per heavy atom. The van der Waals surface area contributed by atoms with Gasteiger partial charge in [-0.3, -0.25) is 9.69 Å². The lowest BCUT2D eigenvalue weighted by Gasteiger charge is -2.31. The predicted molar refractivity (Wildman–Crippen MR) is 56.3 cm³/mol. The predicted octanol–water partition coefficient (Wildman–Crippen LogP) is 1.24. The molecular weight excluding hydrogens is 178 g/mol. The van der Waals surface area contributed by atoms with Gasteiger partial charge in [0.15, 0.2) is 5.78 Å². The van der Waals surface area contributed by atoms with Gasteiger partial charge in [0.25, 0.3) is 0 Å². The number of carbonyl (C=O) groups is 1. The average Bonchev–Trinajstić information content (AvgIpc) is 2.19. The second-order valence-corrected chi connectivity index (χ2v) is 3.62. The summed E-state index contributed by atoms with van der Waals surface area (Å²) in [6, 6.07) is 0. The summed E-state index contributed by atoms with van der Waals surface area (Å²) in [5.41, 5.74) is 0. The van der Waals surface area contributed by atoms with Crippen molar-refractivity contribution in [3.8, 4) is 0 Å². The fourth-order valence-corrected chi connectivity index (χ4v) is 1.69. The molecule has 0 bridgehead atoms. The lowest BCUT2D eigenvalue weighted by atomic mass is 10.1. The molecule has 0 radical (unpaired) electrons. The van der Waals surface area contributed by atoms with Crippen molar-refractivity contribution in [3.05, 3.63) is 12.7 Å². The van der Waals surface area contributed by atoms with Crippen LogP contribution in [0.5, 0.6) is 0 Å². The van der Waals surface area contributed by atoms with Crippen molar-refractivity contribution < 1.29 is 9.53 Å². The van der Waals surface area contributed by atoms with Crippen LogP contribution in [0.25, 0.3) is 0 Å². The molecule has 0 amide bonds. The van der Waals surface area contributed by atoms with E-state index in [-0.39, 0.29) is 11.9 Å². The van der Waals surface area contributed by atoms with Crippen molar-refractivity contribution in [2.45, 2.75) is 25.9 Å². The summed E-state index contributed by atoms with van der Waals surface area (Å²) < 4.78 is 5.43. The number of hydrogen-bond acceptors (Lipinski definition) is 3. The smallest absolute Gasteiger partial charge is 0.166 e. The highest BCUT2D eigenvalue weighted by molar-refractivity contribution is 5.84. The molecule has 14 heavy (non-hydrogen) atoms. The molecule has 1 aliphatic heterocycles. The summed E-state index contributed by atoms with van der Waals surface area (Å²) in [5.74, 6) is 0.154. The van der Waals surface area contributed by atoms with Crippen molar-refractivity contribution in [3.63, 3.8) is 0 Å². The van der Waals surface area contributed by atoms with Gasteiger partial charge in [-0.2, -0.15) is 0 Å². The molecule has 1 heterocycles. The molecule has 1 rings (SSSR count). The van der Waals surface area contributed by atoms with Gasteiger partial charge in [-0.15, -0.1) is 6.58 Å². The second-order valence-electron chi connectivity index (χ2n) is 3.62. The topological polar surface area (TPSA) is 29.5 Å². The standard InChI is InChI=1S/C11H19NO2/c1-3-5-10(13)11-9-12(6-4-2)7-8-14-11/h3,11H,1,4-9H2,2H3. The first-order chi connectivity index (χ1) is 6.77. The Hall–Kier alpha value is -0.670. The first-order valence-electron chi connectivity index (χ1n) is 5.25. The number of Topliss-reactive ketones (excluding diaryl/α,β-unsaturated/α-hetero) is 1. The molecule has 1 aliphatic rings. The third-order valence-electron chi connectivity index (χ3n) is 2.40. The first kappa shape index (κ1) is 11.4. The van der Waals surface area contributed by atoms with Gasteiger partial charge in [0.2, 0.25) is 0 Å². The van der Waals surface area contributed by atoms with E-state index in [1.165, 1.54) is 0 Å². The molecule has 0 saturated carbocycles. The van der Waals surface area contributed by atoms with Crippen LogP contribution in [0.2, 0.25) is 0 Å². The van der Waals surface area contributed by atoms with Gasteiger partial charge in [-0.05, 0) is 13.0 Å². The number of ether oxygens (including phenoxy) is 1. The van der Waals surface area contributed by atoms with Crippen LogP contribution in [0, 0.1) is 0 Å². The van der Waals surface area contributed by atoms with E-state index in [0.717, 1.165) is 26.1 Å². The Morgan fingerprint density at radius 2 is 2.50 bits per heavy atom. The number of ketones is 1. The maximum Gasteiger partial charge on any atom is 0.166 e. The largest absolute Gasteiger partial charge is 0.368 e. The van der Waals surface area contributed by atoms with Crippen LogP contribution in [-0.2, 0) is 9.53 Å². The Morgan fingerprint density at radius 1 is 1.71 bits per heavy atom. The molecule has 80 valence electrons. The van der Waals surface area contributed by atoms with Gasteiger partial charge in [0.05, 0.1) is 6.61 Å². The molecule has 1 fully saturated rings. The number of morpholine rings is 1. The molecule has 0 aromatic rings. The highest BCUT2D eigenvalue weighted by Gasteiger charge is 2.24. The average molecular weight is 197 g/mol. The molecule has 0 aliphatic carbocycles. The Bertz CT molecular complexity index is 201. The lowest BCUT2D eigenvalue weighted by molar-refractivity contribution is -0.135. The molecule has 0 N–H and O–H groups in total. The minimum atomic E-state index is -0.228. The second kappa shape index (κ2) is 5.94. The Kier molecular flexibility index (Phi) is 4.84. The first-order valence-corrected chi connectivity index (χ1v) is 5.25. The van der Waals surface area contributed by atoms with Crippen LogP contribution in [0.4, 0.5) is 0 Å². The van der Waals surface area contributed by atoms with Gasteiger partial charge in [0.1, 0.15) is 6.10 Å². The van der Waals surface area contributed by atoms with E-state index in [9.17, 15) is 4.79 Å². The number of nitrogens with zero attached hydrogens (tertiary/aromatic N) is 1. The zero-order chi connectivity index (χ0) is 10.4. The zero-order valence-corrected chi connectivity index (χ0v) is 8.87. The summed E-state index contributed by atoms with van der Waals surface area (Å²) in [4.78, 5) is 13.8. The maximum absolute atomic E-state index is 11.5. The van der Waals surface area contributed by atoms with E-state index >= 15 is 0 Å². The third kappa shape index (κ3) is 3.24. The maximum atomic E-state index is 11.5. The van der Waals surface area contributed by atoms with E-state index in [2.05, 4.69) is 18.4 Å². The number of carbonyl (C=O) groups excluding carboxylic acids is 1. The quantitative estimate of drug-likeness (QED) is 0.621. The molecule has 0 aromatic heterocycles. The molecule has 0 aromatic carbocycles. The van der Waals surface area contributed by atoms with Crippen molar-refractivity contribution in [2.24, 2.45) is 0 Å². The Balaban J connectivity index is 2.38. The van der Waals surface area contributed by atoms with Crippen molar-refractivity contribution in [2.75, 3.05) is 26.2 Å². The molecule has 0 spiro atoms. The molecule has 1 atom stereocenters. The minimum Gasteiger partial charge on any atom is -0.368 e. The normalized spacial score (nSPS) is 23.4. The monoisotopic (exact) mass is 197 g/mol. The van der Waals surface area contributed by atoms with Crippen molar-refractivity contribution >= 4 is 5.78 Å². The van der Waals surface area contributed by atoms with Gasteiger partial charge < -0.3 is 4.74 Å². The fraction of sp³-hybridized carbons (Fsp3) is 0.727. The molecule has 1 saturated heterocycles. The van der Waals surface area contributed by atoms with Crippen molar-refractivity contribution in [1.82, 2.24) is 4.90 Å². The van der Waals surface area contributed by atoms with Crippen LogP contribution in [0.3, 0.4) is 0 Å². The summed E-state index contributed by atoms with van der Waals surface area (Å²) in [5, 5.41) is 0. The molecule has 1 unspecified atom stereocenters. The summed E-state index contributed by atoms with van der Waals surface area (Å²) in [6.07, 6.45) is 2.96. The van der Waals surface area contributed by atoms with E-state index in [0.29, 0.717) is 13.0 Å². The zero-order valence-electron chi connectivity index (χ0n) is 8.87.